The summed E-state index contributed by atoms with van der Waals surface area (Å²) in [6.45, 7) is 3.73. The molecule has 0 saturated carbocycles. The molecule has 0 unspecified atom stereocenters. The van der Waals surface area contributed by atoms with Gasteiger partial charge in [0, 0.05) is 26.2 Å². The van der Waals surface area contributed by atoms with Crippen LogP contribution in [0.5, 0.6) is 0 Å². The Bertz CT molecular complexity index is 611. The van der Waals surface area contributed by atoms with Crippen LogP contribution in [0.4, 0.5) is 5.82 Å². The number of fused-ring (bicyclic) bond motifs is 1. The van der Waals surface area contributed by atoms with Gasteiger partial charge in [0.1, 0.15) is 23.1 Å². The minimum absolute atomic E-state index is 0.370. The fourth-order valence-corrected chi connectivity index (χ4v) is 2.00. The number of aromatic nitrogens is 3. The van der Waals surface area contributed by atoms with Gasteiger partial charge < -0.3 is 10.2 Å². The van der Waals surface area contributed by atoms with Crippen molar-refractivity contribution in [3.8, 4) is 6.07 Å². The number of nitrogens with one attached hydrogen (secondary N) is 1. The van der Waals surface area contributed by atoms with Crippen molar-refractivity contribution in [2.75, 3.05) is 31.1 Å². The lowest BCUT2D eigenvalue weighted by Gasteiger charge is -2.27. The van der Waals surface area contributed by atoms with E-state index in [0.717, 1.165) is 32.0 Å². The number of anilines is 1. The molecule has 1 N–H and O–H groups in total. The lowest BCUT2D eigenvalue weighted by atomic mass is 10.3. The molecule has 1 aliphatic rings. The third-order valence-corrected chi connectivity index (χ3v) is 2.95. The van der Waals surface area contributed by atoms with Crippen molar-refractivity contribution in [1.29, 1.82) is 5.26 Å². The maximum Gasteiger partial charge on any atom is 0.181 e. The molecule has 3 heterocycles. The van der Waals surface area contributed by atoms with Crippen molar-refractivity contribution in [1.82, 2.24) is 20.3 Å². The Morgan fingerprint density at radius 1 is 1.22 bits per heavy atom. The minimum atomic E-state index is 0.370. The molecule has 90 valence electrons. The van der Waals surface area contributed by atoms with Crippen molar-refractivity contribution < 1.29 is 0 Å². The Balaban J connectivity index is 2.01. The smallest absolute Gasteiger partial charge is 0.181 e. The van der Waals surface area contributed by atoms with Gasteiger partial charge in [-0.25, -0.2) is 15.0 Å². The van der Waals surface area contributed by atoms with Gasteiger partial charge >= 0.3 is 0 Å². The monoisotopic (exact) mass is 240 g/mol. The number of nitriles is 1. The number of hydrogen-bond donors (Lipinski definition) is 1. The van der Waals surface area contributed by atoms with E-state index in [0.29, 0.717) is 16.9 Å². The van der Waals surface area contributed by atoms with Crippen molar-refractivity contribution in [2.45, 2.75) is 0 Å². The average Bonchev–Trinajstić information content (AvgIpc) is 2.47. The quantitative estimate of drug-likeness (QED) is 0.772. The molecule has 6 heteroatoms. The molecule has 18 heavy (non-hydrogen) atoms. The summed E-state index contributed by atoms with van der Waals surface area (Å²) >= 11 is 0. The number of rotatable bonds is 1. The van der Waals surface area contributed by atoms with Crippen LogP contribution in [0.15, 0.2) is 18.3 Å². The molecule has 0 aromatic carbocycles. The zero-order chi connectivity index (χ0) is 12.4. The van der Waals surface area contributed by atoms with Crippen molar-refractivity contribution in [2.24, 2.45) is 0 Å². The van der Waals surface area contributed by atoms with E-state index in [2.05, 4.69) is 25.2 Å². The molecule has 2 aromatic heterocycles. The normalized spacial score (nSPS) is 15.6. The maximum atomic E-state index is 8.84. The van der Waals surface area contributed by atoms with Crippen LogP contribution in [0, 0.1) is 11.3 Å². The number of piperazine rings is 1. The summed E-state index contributed by atoms with van der Waals surface area (Å²) in [5.74, 6) is 0.826. The van der Waals surface area contributed by atoms with Gasteiger partial charge in [0.2, 0.25) is 0 Å². The highest BCUT2D eigenvalue weighted by atomic mass is 15.2. The van der Waals surface area contributed by atoms with Gasteiger partial charge in [-0.1, -0.05) is 0 Å². The first kappa shape index (κ1) is 10.9. The van der Waals surface area contributed by atoms with E-state index < -0.39 is 0 Å². The molecule has 6 nitrogen and oxygen atoms in total. The highest BCUT2D eigenvalue weighted by Gasteiger charge is 2.13. The zero-order valence-corrected chi connectivity index (χ0v) is 9.80. The van der Waals surface area contributed by atoms with Crippen LogP contribution < -0.4 is 10.2 Å². The van der Waals surface area contributed by atoms with E-state index in [1.54, 1.807) is 18.3 Å². The van der Waals surface area contributed by atoms with Crippen LogP contribution in [0.2, 0.25) is 0 Å². The van der Waals surface area contributed by atoms with E-state index >= 15 is 0 Å². The lowest BCUT2D eigenvalue weighted by Crippen LogP contribution is -2.43. The highest BCUT2D eigenvalue weighted by molar-refractivity contribution is 5.72. The Labute approximate surface area is 104 Å². The maximum absolute atomic E-state index is 8.84. The number of nitrogens with zero attached hydrogens (tertiary/aromatic N) is 5. The average molecular weight is 240 g/mol. The predicted molar refractivity (Wildman–Crippen MR) is 67.1 cm³/mol. The van der Waals surface area contributed by atoms with Gasteiger partial charge in [-0.3, -0.25) is 0 Å². The van der Waals surface area contributed by atoms with Crippen molar-refractivity contribution in [3.05, 3.63) is 24.0 Å². The molecule has 0 aliphatic carbocycles. The zero-order valence-electron chi connectivity index (χ0n) is 9.80. The molecule has 0 atom stereocenters. The standard InChI is InChI=1S/C12H12N6/c13-7-9-1-2-10-12(16-9)17-11(8-15-10)18-5-3-14-4-6-18/h1-2,8,14H,3-6H2. The topological polar surface area (TPSA) is 77.7 Å². The first-order valence-corrected chi connectivity index (χ1v) is 5.86. The van der Waals surface area contributed by atoms with E-state index in [-0.39, 0.29) is 0 Å². The summed E-state index contributed by atoms with van der Waals surface area (Å²) in [6.07, 6.45) is 1.77. The SMILES string of the molecule is N#Cc1ccc2ncc(N3CCNCC3)nc2n1. The van der Waals surface area contributed by atoms with Gasteiger partial charge in [0.05, 0.1) is 6.20 Å². The van der Waals surface area contributed by atoms with E-state index in [4.69, 9.17) is 5.26 Å². The van der Waals surface area contributed by atoms with E-state index in [1.807, 2.05) is 6.07 Å². The summed E-state index contributed by atoms with van der Waals surface area (Å²) in [5.41, 5.74) is 1.62. The molecule has 0 amide bonds. The predicted octanol–water partition coefficient (Wildman–Crippen LogP) is 0.306. The third kappa shape index (κ3) is 1.96. The Morgan fingerprint density at radius 2 is 2.06 bits per heavy atom. The fraction of sp³-hybridized carbons (Fsp3) is 0.333. The van der Waals surface area contributed by atoms with Gasteiger partial charge in [0.25, 0.3) is 0 Å². The third-order valence-electron chi connectivity index (χ3n) is 2.95. The molecule has 2 aromatic rings. The second-order valence-electron chi connectivity index (χ2n) is 4.12. The Hall–Kier alpha value is -2.26. The lowest BCUT2D eigenvalue weighted by molar-refractivity contribution is 0.585. The van der Waals surface area contributed by atoms with Gasteiger partial charge in [-0.2, -0.15) is 5.26 Å². The Kier molecular flexibility index (Phi) is 2.74. The second-order valence-corrected chi connectivity index (χ2v) is 4.12. The molecule has 1 aliphatic heterocycles. The molecular formula is C12H12N6. The largest absolute Gasteiger partial charge is 0.353 e. The van der Waals surface area contributed by atoms with Crippen LogP contribution in [0.25, 0.3) is 11.2 Å². The number of pyridine rings is 1. The summed E-state index contributed by atoms with van der Waals surface area (Å²) < 4.78 is 0. The van der Waals surface area contributed by atoms with E-state index in [9.17, 15) is 0 Å². The van der Waals surface area contributed by atoms with E-state index in [1.165, 1.54) is 0 Å². The first-order valence-electron chi connectivity index (χ1n) is 5.86. The van der Waals surface area contributed by atoms with Crippen LogP contribution in [0.3, 0.4) is 0 Å². The van der Waals surface area contributed by atoms with Crippen LogP contribution in [-0.4, -0.2) is 41.1 Å². The Morgan fingerprint density at radius 3 is 2.83 bits per heavy atom. The summed E-state index contributed by atoms with van der Waals surface area (Å²) in [4.78, 5) is 15.2. The van der Waals surface area contributed by atoms with Crippen LogP contribution in [-0.2, 0) is 0 Å². The summed E-state index contributed by atoms with van der Waals surface area (Å²) in [5, 5.41) is 12.1. The summed E-state index contributed by atoms with van der Waals surface area (Å²) in [6, 6.07) is 5.44. The first-order chi connectivity index (χ1) is 8.86. The molecule has 0 bridgehead atoms. The van der Waals surface area contributed by atoms with Gasteiger partial charge in [-0.05, 0) is 12.1 Å². The summed E-state index contributed by atoms with van der Waals surface area (Å²) in [7, 11) is 0. The molecule has 0 spiro atoms. The molecular weight excluding hydrogens is 228 g/mol. The van der Waals surface area contributed by atoms with Gasteiger partial charge in [-0.15, -0.1) is 0 Å². The number of hydrogen-bond acceptors (Lipinski definition) is 6. The second kappa shape index (κ2) is 4.55. The van der Waals surface area contributed by atoms with Crippen molar-refractivity contribution >= 4 is 17.0 Å². The highest BCUT2D eigenvalue weighted by Crippen LogP contribution is 2.14. The van der Waals surface area contributed by atoms with Crippen LogP contribution in [0.1, 0.15) is 5.69 Å². The molecule has 3 rings (SSSR count). The minimum Gasteiger partial charge on any atom is -0.353 e. The molecule has 1 fully saturated rings. The molecule has 0 radical (unpaired) electrons. The van der Waals surface area contributed by atoms with Crippen LogP contribution >= 0.6 is 0 Å². The van der Waals surface area contributed by atoms with Crippen molar-refractivity contribution in [3.63, 3.8) is 0 Å². The molecule has 1 saturated heterocycles. The fourth-order valence-electron chi connectivity index (χ4n) is 2.00. The van der Waals surface area contributed by atoms with Gasteiger partial charge in [0.15, 0.2) is 5.65 Å².